The third-order valence-electron chi connectivity index (χ3n) is 8.13. The predicted molar refractivity (Wildman–Crippen MR) is 216 cm³/mol. The number of hydrogen-bond donors (Lipinski definition) is 3. The second-order valence-corrected chi connectivity index (χ2v) is 17.0. The largest absolute Gasteiger partial charge is 0.347 e. The zero-order chi connectivity index (χ0) is 40.0. The Labute approximate surface area is 332 Å². The molecule has 7 aromatic rings. The molecule has 4 aromatic heterocycles. The summed E-state index contributed by atoms with van der Waals surface area (Å²) in [5.41, 5.74) is 7.77. The molecule has 0 spiro atoms. The fraction of sp³-hybridized carbons (Fsp3) is 0.0769. The van der Waals surface area contributed by atoms with Crippen molar-refractivity contribution in [2.45, 2.75) is 11.4 Å². The molecule has 0 radical (unpaired) electrons. The lowest BCUT2D eigenvalue weighted by atomic mass is 10.0. The Bertz CT molecular complexity index is 2810. The van der Waals surface area contributed by atoms with Gasteiger partial charge in [-0.25, -0.2) is 26.8 Å². The molecular weight excluding hydrogens is 798 g/mol. The molecule has 13 nitrogen and oxygen atoms in total. The Morgan fingerprint density at radius 1 is 0.589 bits per heavy atom. The number of nitrogens with one attached hydrogen (secondary N) is 3. The minimum Gasteiger partial charge on any atom is -0.347 e. The van der Waals surface area contributed by atoms with E-state index in [2.05, 4.69) is 30.7 Å². The van der Waals surface area contributed by atoms with E-state index >= 15 is 0 Å². The maximum atomic E-state index is 12.7. The first-order valence-electron chi connectivity index (χ1n) is 16.5. The molecule has 2 amide bonds. The summed E-state index contributed by atoms with van der Waals surface area (Å²) in [4.78, 5) is 44.3. The van der Waals surface area contributed by atoms with Gasteiger partial charge in [-0.2, -0.15) is 0 Å². The molecule has 0 aliphatic heterocycles. The summed E-state index contributed by atoms with van der Waals surface area (Å²) in [6, 6.07) is 27.6. The lowest BCUT2D eigenvalue weighted by Crippen LogP contribution is -2.41. The van der Waals surface area contributed by atoms with E-state index in [1.807, 2.05) is 35.2 Å². The first kappa shape index (κ1) is 39.8. The van der Waals surface area contributed by atoms with E-state index in [0.717, 1.165) is 51.1 Å². The van der Waals surface area contributed by atoms with Crippen LogP contribution in [0.25, 0.3) is 44.1 Å². The van der Waals surface area contributed by atoms with E-state index < -0.39 is 25.8 Å². The standard InChI is InChI=1S/C23H18ClN3O3S.C16H13ClN4O3S/c1-31(29,30)19-9-2-15(3-10-19)12-26-23(28)21-11-6-17-13-25-14-20(22(17)27-21)16-4-7-18(24)8-5-16;1-25(23,24)21-20-16(22)14-7-4-11-8-18-9-13(15(11)19-14)10-2-5-12(17)6-3-10/h2-11,13-14H,12H2,1H3,(H,26,28);2-9,21H,1H3,(H,20,22). The van der Waals surface area contributed by atoms with Crippen molar-refractivity contribution in [2.75, 3.05) is 12.5 Å². The molecule has 0 atom stereocenters. The van der Waals surface area contributed by atoms with E-state index in [9.17, 15) is 26.4 Å². The number of sulfonamides is 1. The van der Waals surface area contributed by atoms with Gasteiger partial charge in [-0.15, -0.1) is 4.83 Å². The molecule has 0 aliphatic carbocycles. The fourth-order valence-corrected chi connectivity index (χ4v) is 6.51. The number of hydrazine groups is 1. The smallest absolute Gasteiger partial charge is 0.284 e. The number of rotatable bonds is 9. The lowest BCUT2D eigenvalue weighted by molar-refractivity contribution is 0.0935. The van der Waals surface area contributed by atoms with Gasteiger partial charge in [-0.05, 0) is 77.4 Å². The highest BCUT2D eigenvalue weighted by molar-refractivity contribution is 7.90. The van der Waals surface area contributed by atoms with Gasteiger partial charge in [0, 0.05) is 69.5 Å². The summed E-state index contributed by atoms with van der Waals surface area (Å²) < 4.78 is 45.3. The molecule has 0 bridgehead atoms. The van der Waals surface area contributed by atoms with Crippen molar-refractivity contribution in [3.8, 4) is 22.3 Å². The number of aromatic nitrogens is 4. The van der Waals surface area contributed by atoms with Crippen molar-refractivity contribution in [3.05, 3.63) is 149 Å². The first-order valence-corrected chi connectivity index (χ1v) is 21.0. The van der Waals surface area contributed by atoms with E-state index in [0.29, 0.717) is 21.1 Å². The van der Waals surface area contributed by atoms with Crippen LogP contribution in [0.15, 0.2) is 127 Å². The van der Waals surface area contributed by atoms with Gasteiger partial charge in [0.15, 0.2) is 9.84 Å². The van der Waals surface area contributed by atoms with Gasteiger partial charge in [0.05, 0.1) is 22.2 Å². The van der Waals surface area contributed by atoms with Crippen LogP contribution in [0.4, 0.5) is 0 Å². The number of halogens is 2. The van der Waals surface area contributed by atoms with Gasteiger partial charge in [-0.3, -0.25) is 25.0 Å². The quantitative estimate of drug-likeness (QED) is 0.137. The van der Waals surface area contributed by atoms with Crippen molar-refractivity contribution in [1.29, 1.82) is 0 Å². The molecule has 0 unspecified atom stereocenters. The van der Waals surface area contributed by atoms with Gasteiger partial charge in [0.25, 0.3) is 11.8 Å². The second kappa shape index (κ2) is 16.9. The minimum atomic E-state index is -3.56. The van der Waals surface area contributed by atoms with Crippen molar-refractivity contribution in [3.63, 3.8) is 0 Å². The number of benzene rings is 3. The molecule has 7 rings (SSSR count). The molecule has 4 heterocycles. The zero-order valence-corrected chi connectivity index (χ0v) is 32.7. The summed E-state index contributed by atoms with van der Waals surface area (Å²) in [7, 11) is -6.81. The summed E-state index contributed by atoms with van der Waals surface area (Å²) >= 11 is 11.9. The number of nitrogens with zero attached hydrogens (tertiary/aromatic N) is 4. The van der Waals surface area contributed by atoms with Crippen LogP contribution in [0.2, 0.25) is 10.0 Å². The van der Waals surface area contributed by atoms with Crippen LogP contribution in [-0.2, 0) is 26.4 Å². The van der Waals surface area contributed by atoms with Crippen LogP contribution < -0.4 is 15.6 Å². The molecule has 0 saturated carbocycles. The average Bonchev–Trinajstić information content (AvgIpc) is 3.18. The number of sulfone groups is 1. The van der Waals surface area contributed by atoms with E-state index in [-0.39, 0.29) is 28.7 Å². The third kappa shape index (κ3) is 10.1. The van der Waals surface area contributed by atoms with Gasteiger partial charge in [0.1, 0.15) is 11.4 Å². The molecule has 56 heavy (non-hydrogen) atoms. The Kier molecular flexibility index (Phi) is 12.0. The average molecular weight is 829 g/mol. The monoisotopic (exact) mass is 827 g/mol. The molecule has 17 heteroatoms. The molecular formula is C39H31Cl2N7O6S2. The van der Waals surface area contributed by atoms with Crippen molar-refractivity contribution in [2.24, 2.45) is 0 Å². The number of carbonyl (C=O) groups is 2. The minimum absolute atomic E-state index is 0.0741. The Morgan fingerprint density at radius 2 is 1.05 bits per heavy atom. The molecule has 284 valence electrons. The van der Waals surface area contributed by atoms with Crippen LogP contribution in [0.3, 0.4) is 0 Å². The van der Waals surface area contributed by atoms with Crippen LogP contribution in [0.1, 0.15) is 26.5 Å². The van der Waals surface area contributed by atoms with Gasteiger partial charge in [0.2, 0.25) is 10.0 Å². The Balaban J connectivity index is 0.000000194. The maximum absolute atomic E-state index is 12.7. The van der Waals surface area contributed by atoms with Crippen molar-refractivity contribution in [1.82, 2.24) is 35.5 Å². The van der Waals surface area contributed by atoms with Crippen LogP contribution in [0, 0.1) is 0 Å². The lowest BCUT2D eigenvalue weighted by Gasteiger charge is -2.09. The van der Waals surface area contributed by atoms with Gasteiger partial charge in [-0.1, -0.05) is 59.6 Å². The highest BCUT2D eigenvalue weighted by atomic mass is 35.5. The molecule has 3 N–H and O–H groups in total. The third-order valence-corrected chi connectivity index (χ3v) is 10.2. The Hall–Kier alpha value is -5.84. The fourth-order valence-electron chi connectivity index (χ4n) is 5.35. The van der Waals surface area contributed by atoms with Gasteiger partial charge < -0.3 is 5.32 Å². The normalized spacial score (nSPS) is 11.4. The summed E-state index contributed by atoms with van der Waals surface area (Å²) in [5, 5.41) is 5.63. The molecule has 0 saturated heterocycles. The molecule has 0 aliphatic rings. The number of pyridine rings is 4. The van der Waals surface area contributed by atoms with Gasteiger partial charge >= 0.3 is 0 Å². The van der Waals surface area contributed by atoms with Crippen LogP contribution in [0.5, 0.6) is 0 Å². The number of carbonyl (C=O) groups excluding carboxylic acids is 2. The SMILES string of the molecule is CS(=O)(=O)NNC(=O)c1ccc2cncc(-c3ccc(Cl)cc3)c2n1.CS(=O)(=O)c1ccc(CNC(=O)c2ccc3cncc(-c4ccc(Cl)cc4)c3n2)cc1. The van der Waals surface area contributed by atoms with Crippen molar-refractivity contribution >= 4 is 76.7 Å². The number of fused-ring (bicyclic) bond motifs is 2. The van der Waals surface area contributed by atoms with E-state index in [1.165, 1.54) is 18.2 Å². The second-order valence-electron chi connectivity index (χ2n) is 12.4. The van der Waals surface area contributed by atoms with E-state index in [1.54, 1.807) is 73.3 Å². The summed E-state index contributed by atoms with van der Waals surface area (Å²) in [6.45, 7) is 0.253. The van der Waals surface area contributed by atoms with Crippen molar-refractivity contribution < 1.29 is 26.4 Å². The summed E-state index contributed by atoms with van der Waals surface area (Å²) in [6.07, 6.45) is 8.79. The molecule has 3 aromatic carbocycles. The molecule has 0 fully saturated rings. The Morgan fingerprint density at radius 3 is 1.50 bits per heavy atom. The topological polar surface area (TPSA) is 190 Å². The predicted octanol–water partition coefficient (Wildman–Crippen LogP) is 6.43. The summed E-state index contributed by atoms with van der Waals surface area (Å²) in [5.74, 6) is -0.987. The maximum Gasteiger partial charge on any atom is 0.284 e. The van der Waals surface area contributed by atoms with Crippen LogP contribution >= 0.6 is 23.2 Å². The zero-order valence-electron chi connectivity index (χ0n) is 29.6. The van der Waals surface area contributed by atoms with Crippen LogP contribution in [-0.4, -0.2) is 61.1 Å². The number of amides is 2. The highest BCUT2D eigenvalue weighted by Gasteiger charge is 2.15. The number of hydrogen-bond acceptors (Lipinski definition) is 10. The van der Waals surface area contributed by atoms with E-state index in [4.69, 9.17) is 23.2 Å². The first-order chi connectivity index (χ1) is 26.6. The highest BCUT2D eigenvalue weighted by Crippen LogP contribution is 2.29.